The molecule has 1 N–H and O–H groups in total. The summed E-state index contributed by atoms with van der Waals surface area (Å²) in [5, 5.41) is 7.20. The molecule has 8 nitrogen and oxygen atoms in total. The Kier molecular flexibility index (Phi) is 4.37. The van der Waals surface area contributed by atoms with Crippen molar-refractivity contribution in [2.45, 2.75) is 38.3 Å². The number of aromatic nitrogens is 3. The van der Waals surface area contributed by atoms with Crippen molar-refractivity contribution in [1.82, 2.24) is 25.0 Å². The normalized spacial score (nSPS) is 21.1. The van der Waals surface area contributed by atoms with Gasteiger partial charge in [-0.2, -0.15) is 5.10 Å². The van der Waals surface area contributed by atoms with Crippen LogP contribution in [-0.2, 0) is 18.3 Å². The van der Waals surface area contributed by atoms with Crippen molar-refractivity contribution in [3.8, 4) is 0 Å². The fourth-order valence-electron chi connectivity index (χ4n) is 3.21. The van der Waals surface area contributed by atoms with Crippen LogP contribution in [0.2, 0.25) is 0 Å². The van der Waals surface area contributed by atoms with E-state index in [1.165, 1.54) is 6.39 Å². The van der Waals surface area contributed by atoms with Crippen molar-refractivity contribution in [1.29, 1.82) is 0 Å². The third-order valence-electron chi connectivity index (χ3n) is 4.52. The molecular formula is C16H21N5O3. The molecule has 0 bridgehead atoms. The van der Waals surface area contributed by atoms with Gasteiger partial charge in [-0.1, -0.05) is 6.92 Å². The first-order valence-corrected chi connectivity index (χ1v) is 7.99. The van der Waals surface area contributed by atoms with Crippen molar-refractivity contribution in [2.75, 3.05) is 7.05 Å². The van der Waals surface area contributed by atoms with Gasteiger partial charge in [0.15, 0.2) is 12.1 Å². The fourth-order valence-corrected chi connectivity index (χ4v) is 3.21. The summed E-state index contributed by atoms with van der Waals surface area (Å²) in [6, 6.07) is 1.39. The van der Waals surface area contributed by atoms with E-state index in [1.54, 1.807) is 22.8 Å². The van der Waals surface area contributed by atoms with Gasteiger partial charge < -0.3 is 14.6 Å². The number of likely N-dealkylation sites (N-methyl/N-ethyl adjacent to an activating group) is 1. The van der Waals surface area contributed by atoms with Crippen LogP contribution in [0.3, 0.4) is 0 Å². The summed E-state index contributed by atoms with van der Waals surface area (Å²) in [6.07, 6.45) is 4.53. The molecule has 2 aromatic heterocycles. The summed E-state index contributed by atoms with van der Waals surface area (Å²) < 4.78 is 6.96. The molecular weight excluding hydrogens is 310 g/mol. The number of hydrogen-bond donors (Lipinski definition) is 1. The van der Waals surface area contributed by atoms with E-state index in [-0.39, 0.29) is 23.9 Å². The third kappa shape index (κ3) is 2.79. The Balaban J connectivity index is 1.86. The van der Waals surface area contributed by atoms with Gasteiger partial charge in [0.1, 0.15) is 5.76 Å². The zero-order chi connectivity index (χ0) is 17.3. The minimum absolute atomic E-state index is 0.0578. The van der Waals surface area contributed by atoms with E-state index in [4.69, 9.17) is 4.42 Å². The highest BCUT2D eigenvalue weighted by atomic mass is 16.3. The Morgan fingerprint density at radius 2 is 2.25 bits per heavy atom. The third-order valence-corrected chi connectivity index (χ3v) is 4.52. The second-order valence-corrected chi connectivity index (χ2v) is 5.93. The maximum Gasteiger partial charge on any atom is 0.273 e. The number of piperidine rings is 1. The molecule has 1 aliphatic rings. The number of oxazole rings is 1. The summed E-state index contributed by atoms with van der Waals surface area (Å²) in [5.41, 5.74) is 1.19. The highest BCUT2D eigenvalue weighted by Crippen LogP contribution is 2.30. The average molecular weight is 331 g/mol. The summed E-state index contributed by atoms with van der Waals surface area (Å²) in [6.45, 7) is 1.91. The Hall–Kier alpha value is -2.64. The molecule has 3 heterocycles. The Labute approximate surface area is 139 Å². The van der Waals surface area contributed by atoms with Gasteiger partial charge in [0, 0.05) is 33.1 Å². The molecule has 8 heteroatoms. The number of carbonyl (C=O) groups is 2. The summed E-state index contributed by atoms with van der Waals surface area (Å²) >= 11 is 0. The smallest absolute Gasteiger partial charge is 0.273 e. The summed E-state index contributed by atoms with van der Waals surface area (Å²) in [5.74, 6) is 0.340. The fraction of sp³-hybridized carbons (Fsp3) is 0.500. The number of carbonyl (C=O) groups excluding carboxylic acids is 2. The molecule has 2 aromatic rings. The SMILES string of the molecule is CCc1ocnc1C(=O)N[C@@H]1CCC(=O)N(C)[C@H]1c1ccnn1C. The molecule has 0 spiro atoms. The summed E-state index contributed by atoms with van der Waals surface area (Å²) in [4.78, 5) is 30.4. The van der Waals surface area contributed by atoms with E-state index in [0.717, 1.165) is 5.69 Å². The largest absolute Gasteiger partial charge is 0.448 e. The van der Waals surface area contributed by atoms with Crippen molar-refractivity contribution < 1.29 is 14.0 Å². The van der Waals surface area contributed by atoms with E-state index in [1.807, 2.05) is 20.0 Å². The molecule has 1 saturated heterocycles. The van der Waals surface area contributed by atoms with Crippen molar-refractivity contribution in [3.05, 3.63) is 35.8 Å². The lowest BCUT2D eigenvalue weighted by Crippen LogP contribution is -2.51. The van der Waals surface area contributed by atoms with Crippen molar-refractivity contribution in [2.24, 2.45) is 7.05 Å². The second-order valence-electron chi connectivity index (χ2n) is 5.93. The van der Waals surface area contributed by atoms with Crippen LogP contribution in [-0.4, -0.2) is 44.6 Å². The minimum atomic E-state index is -0.277. The Morgan fingerprint density at radius 3 is 2.92 bits per heavy atom. The van der Waals surface area contributed by atoms with Crippen LogP contribution in [0.5, 0.6) is 0 Å². The maximum atomic E-state index is 12.6. The topological polar surface area (TPSA) is 93.3 Å². The molecule has 0 aromatic carbocycles. The molecule has 0 saturated carbocycles. The first-order valence-electron chi connectivity index (χ1n) is 7.99. The van der Waals surface area contributed by atoms with E-state index in [0.29, 0.717) is 30.7 Å². The van der Waals surface area contributed by atoms with Crippen LogP contribution in [0, 0.1) is 0 Å². The van der Waals surface area contributed by atoms with Crippen molar-refractivity contribution >= 4 is 11.8 Å². The first kappa shape index (κ1) is 16.2. The van der Waals surface area contributed by atoms with E-state index < -0.39 is 0 Å². The molecule has 1 aliphatic heterocycles. The molecule has 0 aliphatic carbocycles. The Bertz CT molecular complexity index is 750. The highest BCUT2D eigenvalue weighted by molar-refractivity contribution is 5.93. The lowest BCUT2D eigenvalue weighted by Gasteiger charge is -2.39. The molecule has 0 radical (unpaired) electrons. The standard InChI is InChI=1S/C16H21N5O3/c1-4-12-14(17-9-24-12)16(23)19-10-5-6-13(22)20(2)15(10)11-7-8-18-21(11)3/h7-10,15H,4-6H2,1-3H3,(H,19,23)/t10-,15-/m1/s1. The molecule has 3 rings (SSSR count). The number of amides is 2. The van der Waals surface area contributed by atoms with Gasteiger partial charge in [-0.15, -0.1) is 0 Å². The van der Waals surface area contributed by atoms with E-state index >= 15 is 0 Å². The second kappa shape index (κ2) is 6.46. The molecule has 2 amide bonds. The zero-order valence-electron chi connectivity index (χ0n) is 14.0. The minimum Gasteiger partial charge on any atom is -0.448 e. The van der Waals surface area contributed by atoms with Crippen LogP contribution >= 0.6 is 0 Å². The number of aryl methyl sites for hydroxylation is 2. The van der Waals surface area contributed by atoms with Gasteiger partial charge in [0.05, 0.1) is 17.8 Å². The van der Waals surface area contributed by atoms with Crippen LogP contribution < -0.4 is 5.32 Å². The number of likely N-dealkylation sites (tertiary alicyclic amines) is 1. The molecule has 2 atom stereocenters. The van der Waals surface area contributed by atoms with Crippen LogP contribution in [0.25, 0.3) is 0 Å². The number of rotatable bonds is 4. The molecule has 24 heavy (non-hydrogen) atoms. The van der Waals surface area contributed by atoms with Gasteiger partial charge in [-0.3, -0.25) is 14.3 Å². The molecule has 128 valence electrons. The van der Waals surface area contributed by atoms with E-state index in [2.05, 4.69) is 15.4 Å². The number of nitrogens with one attached hydrogen (secondary N) is 1. The predicted octanol–water partition coefficient (Wildman–Crippen LogP) is 1.06. The maximum absolute atomic E-state index is 12.6. The van der Waals surface area contributed by atoms with Crippen molar-refractivity contribution in [3.63, 3.8) is 0 Å². The van der Waals surface area contributed by atoms with Crippen LogP contribution in [0.15, 0.2) is 23.1 Å². The molecule has 1 fully saturated rings. The monoisotopic (exact) mass is 331 g/mol. The van der Waals surface area contributed by atoms with Gasteiger partial charge in [0.2, 0.25) is 5.91 Å². The van der Waals surface area contributed by atoms with Gasteiger partial charge in [-0.05, 0) is 12.5 Å². The van der Waals surface area contributed by atoms with Gasteiger partial charge >= 0.3 is 0 Å². The highest BCUT2D eigenvalue weighted by Gasteiger charge is 2.37. The average Bonchev–Trinajstić information content (AvgIpc) is 3.20. The van der Waals surface area contributed by atoms with Crippen LogP contribution in [0.4, 0.5) is 0 Å². The number of hydrogen-bond acceptors (Lipinski definition) is 5. The first-order chi connectivity index (χ1) is 11.5. The van der Waals surface area contributed by atoms with E-state index in [9.17, 15) is 9.59 Å². The van der Waals surface area contributed by atoms with Gasteiger partial charge in [0.25, 0.3) is 5.91 Å². The lowest BCUT2D eigenvalue weighted by molar-refractivity contribution is -0.136. The van der Waals surface area contributed by atoms with Crippen LogP contribution in [0.1, 0.15) is 47.7 Å². The lowest BCUT2D eigenvalue weighted by atomic mass is 9.93. The zero-order valence-corrected chi connectivity index (χ0v) is 14.0. The predicted molar refractivity (Wildman–Crippen MR) is 85.1 cm³/mol. The Morgan fingerprint density at radius 1 is 1.46 bits per heavy atom. The summed E-state index contributed by atoms with van der Waals surface area (Å²) in [7, 11) is 3.58. The number of nitrogens with zero attached hydrogens (tertiary/aromatic N) is 4. The van der Waals surface area contributed by atoms with Gasteiger partial charge in [-0.25, -0.2) is 4.98 Å². The molecule has 0 unspecified atom stereocenters. The quantitative estimate of drug-likeness (QED) is 0.904.